The molecule has 2 heterocycles. The molecule has 1 aromatic heterocycles. The number of carbonyl (C=O) groups is 3. The highest BCUT2D eigenvalue weighted by atomic mass is 35.5. The van der Waals surface area contributed by atoms with Gasteiger partial charge in [-0.2, -0.15) is 0 Å². The zero-order valence-corrected chi connectivity index (χ0v) is 15.4. The van der Waals surface area contributed by atoms with Crippen molar-refractivity contribution in [2.75, 3.05) is 0 Å². The van der Waals surface area contributed by atoms with Crippen LogP contribution in [0.5, 0.6) is 0 Å². The van der Waals surface area contributed by atoms with E-state index in [2.05, 4.69) is 14.6 Å². The number of amides is 1. The first-order chi connectivity index (χ1) is 13.5. The number of hydrogen-bond acceptors (Lipinski definition) is 4. The Labute approximate surface area is 165 Å². The number of cyclic esters (lactones) is 2. The molecule has 0 saturated carbocycles. The Morgan fingerprint density at radius 2 is 1.82 bits per heavy atom. The molecule has 3 aromatic rings. The number of esters is 2. The number of para-hydroxylation sites is 1. The Morgan fingerprint density at radius 1 is 1.07 bits per heavy atom. The fourth-order valence-corrected chi connectivity index (χ4v) is 3.31. The van der Waals surface area contributed by atoms with E-state index in [1.54, 1.807) is 0 Å². The normalized spacial score (nSPS) is 13.5. The molecule has 0 fully saturated rings. The first-order valence-corrected chi connectivity index (χ1v) is 8.96. The fourth-order valence-electron chi connectivity index (χ4n) is 3.19. The minimum absolute atomic E-state index is 0.0624. The lowest BCUT2D eigenvalue weighted by Gasteiger charge is -2.05. The standard InChI is InChI=1S/C21H15ClN2O4/c22-15-7-5-13(6-8-15)11-24-12-14(16-3-1-2-4-18(16)24)9-19(25)23-17-10-20(26)28-21(17)27/h1-8,10,12H,9,11H2,(H,23,25). The van der Waals surface area contributed by atoms with E-state index < -0.39 is 17.8 Å². The molecular formula is C21H15ClN2O4. The number of halogens is 1. The largest absolute Gasteiger partial charge is 0.385 e. The van der Waals surface area contributed by atoms with Gasteiger partial charge in [-0.25, -0.2) is 9.59 Å². The summed E-state index contributed by atoms with van der Waals surface area (Å²) in [6.07, 6.45) is 2.96. The third kappa shape index (κ3) is 3.68. The van der Waals surface area contributed by atoms with Gasteiger partial charge < -0.3 is 14.6 Å². The number of rotatable bonds is 5. The molecule has 0 bridgehead atoms. The van der Waals surface area contributed by atoms with Gasteiger partial charge in [-0.05, 0) is 29.3 Å². The molecule has 1 N–H and O–H groups in total. The first kappa shape index (κ1) is 18.0. The number of aromatic nitrogens is 1. The summed E-state index contributed by atoms with van der Waals surface area (Å²) in [7, 11) is 0. The molecule has 140 valence electrons. The van der Waals surface area contributed by atoms with Crippen molar-refractivity contribution in [2.45, 2.75) is 13.0 Å². The topological polar surface area (TPSA) is 77.4 Å². The van der Waals surface area contributed by atoms with E-state index in [0.717, 1.165) is 28.1 Å². The molecule has 1 aliphatic heterocycles. The number of carbonyl (C=O) groups excluding carboxylic acids is 3. The van der Waals surface area contributed by atoms with Gasteiger partial charge in [0, 0.05) is 28.7 Å². The van der Waals surface area contributed by atoms with Crippen molar-refractivity contribution >= 4 is 40.3 Å². The minimum Gasteiger partial charge on any atom is -0.385 e. The number of nitrogens with zero attached hydrogens (tertiary/aromatic N) is 1. The summed E-state index contributed by atoms with van der Waals surface area (Å²) in [6.45, 7) is 0.630. The van der Waals surface area contributed by atoms with Crippen LogP contribution in [-0.2, 0) is 32.1 Å². The molecular weight excluding hydrogens is 380 g/mol. The van der Waals surface area contributed by atoms with Gasteiger partial charge in [0.15, 0.2) is 0 Å². The Hall–Kier alpha value is -3.38. The Kier molecular flexibility index (Phi) is 4.71. The first-order valence-electron chi connectivity index (χ1n) is 8.58. The van der Waals surface area contributed by atoms with E-state index in [-0.39, 0.29) is 12.1 Å². The zero-order valence-electron chi connectivity index (χ0n) is 14.6. The smallest absolute Gasteiger partial charge is 0.362 e. The van der Waals surface area contributed by atoms with Crippen LogP contribution >= 0.6 is 11.6 Å². The maximum absolute atomic E-state index is 12.4. The highest BCUT2D eigenvalue weighted by molar-refractivity contribution is 6.30. The average Bonchev–Trinajstić information content (AvgIpc) is 3.16. The van der Waals surface area contributed by atoms with Gasteiger partial charge in [0.1, 0.15) is 5.70 Å². The number of benzene rings is 2. The van der Waals surface area contributed by atoms with Crippen LogP contribution in [0.2, 0.25) is 5.02 Å². The van der Waals surface area contributed by atoms with Gasteiger partial charge >= 0.3 is 11.9 Å². The number of fused-ring (bicyclic) bond motifs is 1. The van der Waals surface area contributed by atoms with E-state index >= 15 is 0 Å². The zero-order chi connectivity index (χ0) is 19.7. The molecule has 0 aliphatic carbocycles. The van der Waals surface area contributed by atoms with Crippen molar-refractivity contribution in [3.05, 3.63) is 82.7 Å². The summed E-state index contributed by atoms with van der Waals surface area (Å²) in [5.74, 6) is -2.02. The second-order valence-electron chi connectivity index (χ2n) is 6.42. The maximum atomic E-state index is 12.4. The van der Waals surface area contributed by atoms with Crippen molar-refractivity contribution < 1.29 is 19.1 Å². The van der Waals surface area contributed by atoms with Crippen LogP contribution in [0.15, 0.2) is 66.5 Å². The van der Waals surface area contributed by atoms with Gasteiger partial charge in [-0.15, -0.1) is 0 Å². The van der Waals surface area contributed by atoms with Gasteiger partial charge in [0.2, 0.25) is 5.91 Å². The summed E-state index contributed by atoms with van der Waals surface area (Å²) in [5, 5.41) is 4.07. The molecule has 0 spiro atoms. The molecule has 1 aliphatic rings. The molecule has 4 rings (SSSR count). The third-order valence-electron chi connectivity index (χ3n) is 4.44. The molecule has 0 saturated heterocycles. The van der Waals surface area contributed by atoms with E-state index in [0.29, 0.717) is 11.6 Å². The van der Waals surface area contributed by atoms with Crippen molar-refractivity contribution in [3.8, 4) is 0 Å². The average molecular weight is 395 g/mol. The lowest BCUT2D eigenvalue weighted by molar-refractivity contribution is -0.151. The van der Waals surface area contributed by atoms with Crippen molar-refractivity contribution in [1.29, 1.82) is 0 Å². The number of ether oxygens (including phenoxy) is 1. The van der Waals surface area contributed by atoms with Crippen LogP contribution in [-0.4, -0.2) is 22.4 Å². The third-order valence-corrected chi connectivity index (χ3v) is 4.69. The summed E-state index contributed by atoms with van der Waals surface area (Å²) < 4.78 is 6.44. The highest BCUT2D eigenvalue weighted by Crippen LogP contribution is 2.23. The molecule has 0 unspecified atom stereocenters. The van der Waals surface area contributed by atoms with Gasteiger partial charge in [-0.3, -0.25) is 4.79 Å². The highest BCUT2D eigenvalue weighted by Gasteiger charge is 2.25. The van der Waals surface area contributed by atoms with Gasteiger partial charge in [0.05, 0.1) is 12.5 Å². The summed E-state index contributed by atoms with van der Waals surface area (Å²) in [4.78, 5) is 34.9. The second-order valence-corrected chi connectivity index (χ2v) is 6.85. The molecule has 1 amide bonds. The molecule has 2 aromatic carbocycles. The Balaban J connectivity index is 1.58. The monoisotopic (exact) mass is 394 g/mol. The second kappa shape index (κ2) is 7.32. The van der Waals surface area contributed by atoms with Crippen molar-refractivity contribution in [3.63, 3.8) is 0 Å². The van der Waals surface area contributed by atoms with Crippen LogP contribution < -0.4 is 5.32 Å². The van der Waals surface area contributed by atoms with Crippen LogP contribution in [0.4, 0.5) is 0 Å². The van der Waals surface area contributed by atoms with E-state index in [1.165, 1.54) is 0 Å². The SMILES string of the molecule is O=C(Cc1cn(Cc2ccc(Cl)cc2)c2ccccc12)NC1=CC(=O)OC1=O. The van der Waals surface area contributed by atoms with Crippen LogP contribution in [0.25, 0.3) is 10.9 Å². The summed E-state index contributed by atoms with van der Waals surface area (Å²) in [5.41, 5.74) is 2.76. The quantitative estimate of drug-likeness (QED) is 0.533. The maximum Gasteiger partial charge on any atom is 0.362 e. The Bertz CT molecular complexity index is 1130. The van der Waals surface area contributed by atoms with Crippen LogP contribution in [0.3, 0.4) is 0 Å². The predicted molar refractivity (Wildman–Crippen MR) is 104 cm³/mol. The lowest BCUT2D eigenvalue weighted by atomic mass is 10.1. The minimum atomic E-state index is -0.844. The number of nitrogens with one attached hydrogen (secondary N) is 1. The fraction of sp³-hybridized carbons (Fsp3) is 0.0952. The van der Waals surface area contributed by atoms with Crippen molar-refractivity contribution in [1.82, 2.24) is 9.88 Å². The van der Waals surface area contributed by atoms with Gasteiger partial charge in [-0.1, -0.05) is 41.9 Å². The van der Waals surface area contributed by atoms with E-state index in [1.807, 2.05) is 54.7 Å². The van der Waals surface area contributed by atoms with Crippen LogP contribution in [0, 0.1) is 0 Å². The van der Waals surface area contributed by atoms with Crippen molar-refractivity contribution in [2.24, 2.45) is 0 Å². The number of hydrogen-bond donors (Lipinski definition) is 1. The lowest BCUT2D eigenvalue weighted by Crippen LogP contribution is -2.27. The van der Waals surface area contributed by atoms with E-state index in [4.69, 9.17) is 11.6 Å². The molecule has 6 nitrogen and oxygen atoms in total. The van der Waals surface area contributed by atoms with Crippen LogP contribution in [0.1, 0.15) is 11.1 Å². The Morgan fingerprint density at radius 3 is 2.54 bits per heavy atom. The predicted octanol–water partition coefficient (Wildman–Crippen LogP) is 2.97. The summed E-state index contributed by atoms with van der Waals surface area (Å²) in [6, 6.07) is 15.4. The molecule has 7 heteroatoms. The van der Waals surface area contributed by atoms with Gasteiger partial charge in [0.25, 0.3) is 0 Å². The molecule has 28 heavy (non-hydrogen) atoms. The molecule has 0 radical (unpaired) electrons. The summed E-state index contributed by atoms with van der Waals surface area (Å²) >= 11 is 5.95. The van der Waals surface area contributed by atoms with E-state index in [9.17, 15) is 14.4 Å². The molecule has 0 atom stereocenters.